The van der Waals surface area contributed by atoms with E-state index in [2.05, 4.69) is 63.2 Å². The zero-order chi connectivity index (χ0) is 26.1. The minimum Gasteiger partial charge on any atom is -0.494 e. The van der Waals surface area contributed by atoms with Crippen molar-refractivity contribution in [3.8, 4) is 22.8 Å². The summed E-state index contributed by atoms with van der Waals surface area (Å²) in [5, 5.41) is 4.49. The first-order valence-corrected chi connectivity index (χ1v) is 12.5. The molecule has 0 fully saturated rings. The summed E-state index contributed by atoms with van der Waals surface area (Å²) in [6.07, 6.45) is 6.11. The van der Waals surface area contributed by atoms with E-state index in [-0.39, 0.29) is 0 Å². The number of nitrogens with one attached hydrogen (secondary N) is 1. The summed E-state index contributed by atoms with van der Waals surface area (Å²) in [5.74, 6) is 1.72. The highest BCUT2D eigenvalue weighted by Crippen LogP contribution is 2.40. The fraction of sp³-hybridized carbons (Fsp3) is 0.357. The van der Waals surface area contributed by atoms with Crippen LogP contribution in [0, 0.1) is 0 Å². The molecule has 3 N–H and O–H groups in total. The summed E-state index contributed by atoms with van der Waals surface area (Å²) in [7, 11) is 9.43. The number of nitrogens with zero attached hydrogens (tertiary/aromatic N) is 5. The van der Waals surface area contributed by atoms with Crippen LogP contribution < -0.4 is 25.4 Å². The number of hydrogen-bond acceptors (Lipinski definition) is 8. The molecular weight excluding hydrogens is 466 g/mol. The first-order valence-electron chi connectivity index (χ1n) is 12.5. The van der Waals surface area contributed by atoms with Gasteiger partial charge in [0.1, 0.15) is 11.4 Å². The number of rotatable bonds is 9. The summed E-state index contributed by atoms with van der Waals surface area (Å²) in [6, 6.07) is 10.3. The molecule has 0 bridgehead atoms. The third-order valence-corrected chi connectivity index (χ3v) is 6.95. The molecule has 4 aromatic rings. The Morgan fingerprint density at radius 2 is 1.89 bits per heavy atom. The van der Waals surface area contributed by atoms with Crippen LogP contribution in [0.1, 0.15) is 12.0 Å². The molecule has 9 heteroatoms. The van der Waals surface area contributed by atoms with Crippen LogP contribution in [-0.4, -0.2) is 67.9 Å². The van der Waals surface area contributed by atoms with Crippen LogP contribution >= 0.6 is 0 Å². The van der Waals surface area contributed by atoms with Gasteiger partial charge in [0.05, 0.1) is 43.0 Å². The third-order valence-electron chi connectivity index (χ3n) is 6.95. The summed E-state index contributed by atoms with van der Waals surface area (Å²) in [5.41, 5.74) is 13.1. The van der Waals surface area contributed by atoms with Gasteiger partial charge in [-0.15, -0.1) is 0 Å². The lowest BCUT2D eigenvalue weighted by Crippen LogP contribution is -2.29. The Morgan fingerprint density at radius 3 is 2.65 bits per heavy atom. The van der Waals surface area contributed by atoms with Gasteiger partial charge in [-0.25, -0.2) is 9.97 Å². The molecule has 0 spiro atoms. The van der Waals surface area contributed by atoms with Crippen LogP contribution in [-0.2, 0) is 13.0 Å². The van der Waals surface area contributed by atoms with Crippen molar-refractivity contribution in [1.29, 1.82) is 0 Å². The number of benzene rings is 2. The van der Waals surface area contributed by atoms with Gasteiger partial charge in [-0.1, -0.05) is 18.2 Å². The summed E-state index contributed by atoms with van der Waals surface area (Å²) < 4.78 is 13.7. The summed E-state index contributed by atoms with van der Waals surface area (Å²) in [4.78, 5) is 13.7. The molecule has 5 rings (SSSR count). The molecule has 0 amide bonds. The topological polar surface area (TPSA) is 93.7 Å². The van der Waals surface area contributed by atoms with E-state index in [0.29, 0.717) is 28.8 Å². The lowest BCUT2D eigenvalue weighted by Gasteiger charge is -2.24. The largest absolute Gasteiger partial charge is 0.494 e. The van der Waals surface area contributed by atoms with Crippen molar-refractivity contribution in [1.82, 2.24) is 19.4 Å². The Bertz CT molecular complexity index is 1430. The van der Waals surface area contributed by atoms with Gasteiger partial charge < -0.3 is 34.9 Å². The molecule has 194 valence electrons. The number of methoxy groups -OCH3 is 2. The fourth-order valence-electron chi connectivity index (χ4n) is 4.99. The van der Waals surface area contributed by atoms with Crippen molar-refractivity contribution in [3.05, 3.63) is 48.3 Å². The number of nitrogen functional groups attached to an aromatic ring is 1. The molecule has 0 radical (unpaired) electrons. The normalized spacial score (nSPS) is 12.7. The van der Waals surface area contributed by atoms with E-state index in [1.165, 1.54) is 16.5 Å². The van der Waals surface area contributed by atoms with Gasteiger partial charge in [-0.2, -0.15) is 0 Å². The molecule has 0 aliphatic carbocycles. The Kier molecular flexibility index (Phi) is 6.80. The van der Waals surface area contributed by atoms with Gasteiger partial charge in [-0.3, -0.25) is 0 Å². The van der Waals surface area contributed by atoms with Gasteiger partial charge in [0.2, 0.25) is 5.95 Å². The predicted octanol–water partition coefficient (Wildman–Crippen LogP) is 4.39. The minimum absolute atomic E-state index is 0.439. The quantitative estimate of drug-likeness (QED) is 0.326. The average molecular weight is 502 g/mol. The smallest absolute Gasteiger partial charge is 0.228 e. The van der Waals surface area contributed by atoms with Gasteiger partial charge in [0.25, 0.3) is 0 Å². The molecule has 0 atom stereocenters. The van der Waals surface area contributed by atoms with Crippen molar-refractivity contribution in [2.75, 3.05) is 64.4 Å². The molecule has 1 aliphatic heterocycles. The molecule has 2 aromatic heterocycles. The first-order chi connectivity index (χ1) is 17.9. The average Bonchev–Trinajstić information content (AvgIpc) is 3.28. The second-order valence-electron chi connectivity index (χ2n) is 9.72. The Morgan fingerprint density at radius 1 is 1.08 bits per heavy atom. The molecule has 2 aromatic carbocycles. The highest BCUT2D eigenvalue weighted by atomic mass is 16.5. The Labute approximate surface area is 217 Å². The first kappa shape index (κ1) is 24.7. The number of ether oxygens (including phenoxy) is 2. The molecule has 1 aliphatic rings. The van der Waals surface area contributed by atoms with Gasteiger partial charge in [0.15, 0.2) is 5.75 Å². The zero-order valence-corrected chi connectivity index (χ0v) is 22.2. The number of anilines is 4. The Hall–Kier alpha value is -3.98. The van der Waals surface area contributed by atoms with Crippen molar-refractivity contribution in [3.63, 3.8) is 0 Å². The van der Waals surface area contributed by atoms with Gasteiger partial charge in [-0.05, 0) is 38.6 Å². The second-order valence-corrected chi connectivity index (χ2v) is 9.72. The zero-order valence-electron chi connectivity index (χ0n) is 22.2. The number of aryl methyl sites for hydroxylation is 2. The summed E-state index contributed by atoms with van der Waals surface area (Å²) in [6.45, 7) is 2.75. The van der Waals surface area contributed by atoms with E-state index in [4.69, 9.17) is 20.2 Å². The maximum Gasteiger partial charge on any atom is 0.228 e. The summed E-state index contributed by atoms with van der Waals surface area (Å²) >= 11 is 0. The van der Waals surface area contributed by atoms with Crippen LogP contribution in [0.4, 0.5) is 23.0 Å². The Balaban J connectivity index is 1.51. The lowest BCUT2D eigenvalue weighted by atomic mass is 10.0. The van der Waals surface area contributed by atoms with Crippen molar-refractivity contribution in [2.45, 2.75) is 19.4 Å². The van der Waals surface area contributed by atoms with Crippen LogP contribution in [0.15, 0.2) is 42.7 Å². The van der Waals surface area contributed by atoms with Gasteiger partial charge in [0, 0.05) is 49.9 Å². The monoisotopic (exact) mass is 501 g/mol. The number of hydrogen-bond donors (Lipinski definition) is 2. The highest BCUT2D eigenvalue weighted by Gasteiger charge is 2.21. The second kappa shape index (κ2) is 10.2. The number of aromatic nitrogens is 3. The SMILES string of the molecule is COc1cc(N(C)CCN(C)C)c(N)cc1Nc1ncc(OC)c(-c2cn3c4c(cccc24)CCC3)n1. The molecule has 0 saturated heterocycles. The molecule has 0 saturated carbocycles. The number of para-hydroxylation sites is 1. The van der Waals surface area contributed by atoms with Crippen molar-refractivity contribution < 1.29 is 9.47 Å². The van der Waals surface area contributed by atoms with Crippen LogP contribution in [0.25, 0.3) is 22.2 Å². The van der Waals surface area contributed by atoms with E-state index in [0.717, 1.165) is 49.4 Å². The molecule has 3 heterocycles. The molecule has 37 heavy (non-hydrogen) atoms. The predicted molar refractivity (Wildman–Crippen MR) is 150 cm³/mol. The van der Waals surface area contributed by atoms with Crippen LogP contribution in [0.5, 0.6) is 11.5 Å². The van der Waals surface area contributed by atoms with E-state index in [1.54, 1.807) is 20.4 Å². The minimum atomic E-state index is 0.439. The van der Waals surface area contributed by atoms with Crippen molar-refractivity contribution >= 4 is 33.9 Å². The fourth-order valence-corrected chi connectivity index (χ4v) is 4.99. The van der Waals surface area contributed by atoms with Crippen molar-refractivity contribution in [2.24, 2.45) is 0 Å². The van der Waals surface area contributed by atoms with Crippen LogP contribution in [0.3, 0.4) is 0 Å². The number of nitrogens with two attached hydrogens (primary N) is 1. The van der Waals surface area contributed by atoms with E-state index < -0.39 is 0 Å². The third kappa shape index (κ3) is 4.74. The molecule has 9 nitrogen and oxygen atoms in total. The maximum atomic E-state index is 6.46. The van der Waals surface area contributed by atoms with Gasteiger partial charge >= 0.3 is 0 Å². The standard InChI is InChI=1S/C28H35N7O2/c1-33(2)12-13-34(3)23-15-24(36-4)22(14-21(23)29)31-28-30-16-25(37-5)26(32-28)20-17-35-11-7-9-18-8-6-10-19(20)27(18)35/h6,8,10,14-17H,7,9,11-13,29H2,1-5H3,(H,30,31,32). The van der Waals surface area contributed by atoms with E-state index in [9.17, 15) is 0 Å². The number of likely N-dealkylation sites (N-methyl/N-ethyl adjacent to an activating group) is 2. The van der Waals surface area contributed by atoms with E-state index >= 15 is 0 Å². The molecular formula is C28H35N7O2. The lowest BCUT2D eigenvalue weighted by molar-refractivity contribution is 0.412. The highest BCUT2D eigenvalue weighted by molar-refractivity contribution is 5.98. The maximum absolute atomic E-state index is 6.46. The van der Waals surface area contributed by atoms with E-state index in [1.807, 2.05) is 19.2 Å². The molecule has 0 unspecified atom stereocenters. The van der Waals surface area contributed by atoms with Crippen LogP contribution in [0.2, 0.25) is 0 Å².